The van der Waals surface area contributed by atoms with Gasteiger partial charge in [0, 0.05) is 61.2 Å². The summed E-state index contributed by atoms with van der Waals surface area (Å²) in [7, 11) is 0. The van der Waals surface area contributed by atoms with Crippen molar-refractivity contribution in [1.82, 2.24) is 19.7 Å². The number of Topliss-reactive ketones (excluding diaryl/α,β-unsaturated/α-hetero) is 1. The van der Waals surface area contributed by atoms with Crippen LogP contribution >= 0.6 is 0 Å². The number of carbonyl (C=O) groups is 6. The fraction of sp³-hybridized carbons (Fsp3) is 0.400. The number of nitrogens with zero attached hydrogens (tertiary/aromatic N) is 3. The number of aromatic nitrogens is 1. The maximum Gasteiger partial charge on any atom is 0.490 e. The van der Waals surface area contributed by atoms with Crippen molar-refractivity contribution >= 4 is 35.4 Å². The number of halogens is 5. The molecule has 0 spiro atoms. The van der Waals surface area contributed by atoms with Gasteiger partial charge < -0.3 is 30.7 Å². The molecule has 3 atom stereocenters. The molecule has 1 aliphatic rings. The van der Waals surface area contributed by atoms with Crippen LogP contribution in [-0.4, -0.2) is 97.9 Å². The van der Waals surface area contributed by atoms with Gasteiger partial charge in [0.15, 0.2) is 5.78 Å². The lowest BCUT2D eigenvalue weighted by molar-refractivity contribution is -0.192. The number of benzene rings is 2. The van der Waals surface area contributed by atoms with Gasteiger partial charge in [-0.2, -0.15) is 13.2 Å². The Hall–Kier alpha value is -5.75. The number of carbonyl (C=O) groups excluding carboxylic acids is 5. The zero-order valence-corrected chi connectivity index (χ0v) is 32.3. The third-order valence-electron chi connectivity index (χ3n) is 8.84. The van der Waals surface area contributed by atoms with Crippen LogP contribution < -0.4 is 11.1 Å². The molecule has 2 aromatic carbocycles. The van der Waals surface area contributed by atoms with Gasteiger partial charge in [0.1, 0.15) is 17.7 Å². The Kier molecular flexibility index (Phi) is 16.2. The van der Waals surface area contributed by atoms with Gasteiger partial charge >= 0.3 is 12.1 Å². The molecule has 1 aromatic heterocycles. The normalized spacial score (nSPS) is 14.4. The molecule has 18 heteroatoms. The Balaban J connectivity index is 0.00000117. The van der Waals surface area contributed by atoms with Crippen molar-refractivity contribution in [2.45, 2.75) is 77.9 Å². The molecule has 0 aliphatic carbocycles. The Bertz CT molecular complexity index is 1970. The summed E-state index contributed by atoms with van der Waals surface area (Å²) in [5.41, 5.74) is 7.60. The quantitative estimate of drug-likeness (QED) is 0.0915. The molecule has 4 rings (SSSR count). The third kappa shape index (κ3) is 13.2. The predicted molar refractivity (Wildman–Crippen MR) is 200 cm³/mol. The summed E-state index contributed by atoms with van der Waals surface area (Å²) in [6.45, 7) is 7.21. The molecular weight excluding hydrogens is 773 g/mol. The number of aliphatic carboxylic acids is 1. The highest BCUT2D eigenvalue weighted by molar-refractivity contribution is 6.14. The predicted octanol–water partition coefficient (Wildman–Crippen LogP) is 4.52. The fourth-order valence-corrected chi connectivity index (χ4v) is 6.10. The van der Waals surface area contributed by atoms with Crippen molar-refractivity contribution in [3.8, 4) is 11.1 Å². The topological polar surface area (TPSA) is 192 Å². The van der Waals surface area contributed by atoms with Crippen LogP contribution in [0.4, 0.5) is 22.0 Å². The lowest BCUT2D eigenvalue weighted by atomic mass is 9.82. The molecular formula is C40H46F5N5O8. The molecule has 13 nitrogen and oxygen atoms in total. The number of nitrogens with one attached hydrogen (secondary N) is 1. The number of ketones is 1. The second kappa shape index (κ2) is 20.1. The zero-order chi connectivity index (χ0) is 43.5. The summed E-state index contributed by atoms with van der Waals surface area (Å²) in [6.07, 6.45) is -2.25. The second-order valence-electron chi connectivity index (χ2n) is 14.6. The van der Waals surface area contributed by atoms with E-state index in [9.17, 15) is 46.6 Å². The smallest absolute Gasteiger partial charge is 0.475 e. The van der Waals surface area contributed by atoms with Gasteiger partial charge in [-0.1, -0.05) is 51.1 Å². The minimum Gasteiger partial charge on any atom is -0.475 e. The lowest BCUT2D eigenvalue weighted by Gasteiger charge is -2.41. The maximum atomic E-state index is 15.0. The number of aliphatic hydroxyl groups is 1. The Morgan fingerprint density at radius 1 is 0.948 bits per heavy atom. The Labute approximate surface area is 331 Å². The molecule has 5 N–H and O–H groups in total. The Morgan fingerprint density at radius 2 is 1.55 bits per heavy atom. The minimum absolute atomic E-state index is 0.0206. The summed E-state index contributed by atoms with van der Waals surface area (Å²) in [6, 6.07) is 12.7. The van der Waals surface area contributed by atoms with E-state index in [0.29, 0.717) is 17.8 Å². The highest BCUT2D eigenvalue weighted by atomic mass is 19.4. The summed E-state index contributed by atoms with van der Waals surface area (Å²) < 4.78 is 62.9. The van der Waals surface area contributed by atoms with E-state index in [1.54, 1.807) is 12.3 Å². The number of aliphatic hydroxyl groups excluding tert-OH is 1. The van der Waals surface area contributed by atoms with Gasteiger partial charge in [-0.05, 0) is 55.0 Å². The van der Waals surface area contributed by atoms with Crippen LogP contribution in [-0.2, 0) is 35.3 Å². The van der Waals surface area contributed by atoms with Gasteiger partial charge in [-0.3, -0.25) is 28.9 Å². The third-order valence-corrected chi connectivity index (χ3v) is 8.84. The monoisotopic (exact) mass is 819 g/mol. The molecule has 314 valence electrons. The number of rotatable bonds is 16. The van der Waals surface area contributed by atoms with E-state index in [1.807, 2.05) is 55.7 Å². The van der Waals surface area contributed by atoms with Crippen LogP contribution in [0.2, 0.25) is 0 Å². The summed E-state index contributed by atoms with van der Waals surface area (Å²) >= 11 is 0. The summed E-state index contributed by atoms with van der Waals surface area (Å²) in [4.78, 5) is 73.5. The van der Waals surface area contributed by atoms with Crippen molar-refractivity contribution in [3.05, 3.63) is 95.8 Å². The lowest BCUT2D eigenvalue weighted by Crippen LogP contribution is -2.49. The van der Waals surface area contributed by atoms with Crippen molar-refractivity contribution in [2.24, 2.45) is 11.1 Å². The fourth-order valence-electron chi connectivity index (χ4n) is 6.10. The average Bonchev–Trinajstić information content (AvgIpc) is 3.69. The second-order valence-corrected chi connectivity index (χ2v) is 14.6. The van der Waals surface area contributed by atoms with E-state index in [4.69, 9.17) is 15.6 Å². The standard InChI is InChI=1S/C38H45F2N5O6.C2HF3O2/c1-24(46)37(51)44(18-16-31(41)36(50)42-17-8-11-28(47)23-45-33(48)14-15-34(45)49)35(38(2,3)4)32-19-26(29-20-27(39)12-13-30(29)40)22-43(32)21-25-9-6-5-7-10-25;3-2(4,5)1(6)7/h5-7,9-10,12-15,19-20,22,24,31,35,46H,8,11,16-18,21,23,41H2,1-4H3,(H,42,50);(H,6,7)/t24-,31-,35-;/m0./s1. The van der Waals surface area contributed by atoms with E-state index in [0.717, 1.165) is 40.8 Å². The van der Waals surface area contributed by atoms with Crippen molar-refractivity contribution in [3.63, 3.8) is 0 Å². The van der Waals surface area contributed by atoms with Gasteiger partial charge in [0.25, 0.3) is 17.7 Å². The molecule has 0 unspecified atom stereocenters. The maximum absolute atomic E-state index is 15.0. The zero-order valence-electron chi connectivity index (χ0n) is 32.3. The first kappa shape index (κ1) is 46.6. The van der Waals surface area contributed by atoms with E-state index < -0.39 is 71.0 Å². The highest BCUT2D eigenvalue weighted by Crippen LogP contribution is 2.41. The molecule has 2 heterocycles. The number of nitrogens with two attached hydrogens (primary N) is 1. The average molecular weight is 820 g/mol. The summed E-state index contributed by atoms with van der Waals surface area (Å²) in [5.74, 6) is -6.51. The minimum atomic E-state index is -5.08. The SMILES string of the molecule is C[C@H](O)C(=O)N(CC[C@H](N)C(=O)NCCCC(=O)CN1C(=O)C=CC1=O)[C@@H](c1cc(-c2cc(F)ccc2F)cn1Cc1ccccc1)C(C)(C)C.O=C(O)C(F)(F)F. The van der Waals surface area contributed by atoms with E-state index in [1.165, 1.54) is 11.8 Å². The van der Waals surface area contributed by atoms with Crippen LogP contribution in [0.15, 0.2) is 72.9 Å². The highest BCUT2D eigenvalue weighted by Gasteiger charge is 2.39. The van der Waals surface area contributed by atoms with Crippen LogP contribution in [0.5, 0.6) is 0 Å². The number of alkyl halides is 3. The summed E-state index contributed by atoms with van der Waals surface area (Å²) in [5, 5.41) is 20.3. The number of amides is 4. The molecule has 0 saturated heterocycles. The molecule has 58 heavy (non-hydrogen) atoms. The first-order valence-electron chi connectivity index (χ1n) is 18.1. The molecule has 0 saturated carbocycles. The molecule has 0 radical (unpaired) electrons. The van der Waals surface area contributed by atoms with E-state index >= 15 is 4.39 Å². The number of hydrogen-bond donors (Lipinski definition) is 4. The first-order valence-corrected chi connectivity index (χ1v) is 18.1. The van der Waals surface area contributed by atoms with Gasteiger partial charge in [-0.25, -0.2) is 13.6 Å². The molecule has 1 aliphatic heterocycles. The molecule has 0 bridgehead atoms. The largest absolute Gasteiger partial charge is 0.490 e. The van der Waals surface area contributed by atoms with Crippen molar-refractivity contribution in [1.29, 1.82) is 0 Å². The van der Waals surface area contributed by atoms with Crippen LogP contribution in [0.1, 0.15) is 64.3 Å². The van der Waals surface area contributed by atoms with Crippen molar-refractivity contribution < 1.29 is 60.9 Å². The number of carboxylic acids is 1. The van der Waals surface area contributed by atoms with Gasteiger partial charge in [0.2, 0.25) is 5.91 Å². The van der Waals surface area contributed by atoms with Crippen molar-refractivity contribution in [2.75, 3.05) is 19.6 Å². The van der Waals surface area contributed by atoms with Gasteiger partial charge in [-0.15, -0.1) is 0 Å². The number of hydrogen-bond acceptors (Lipinski definition) is 8. The van der Waals surface area contributed by atoms with Crippen LogP contribution in [0.3, 0.4) is 0 Å². The number of imide groups is 1. The molecule has 0 fully saturated rings. The molecule has 3 aromatic rings. The van der Waals surface area contributed by atoms with Gasteiger partial charge in [0.05, 0.1) is 18.6 Å². The first-order chi connectivity index (χ1) is 27.0. The van der Waals surface area contributed by atoms with E-state index in [-0.39, 0.29) is 50.2 Å². The van der Waals surface area contributed by atoms with Crippen LogP contribution in [0, 0.1) is 17.0 Å². The molecule has 4 amide bonds. The van der Waals surface area contributed by atoms with E-state index in [2.05, 4.69) is 5.32 Å². The van der Waals surface area contributed by atoms with Crippen LogP contribution in [0.25, 0.3) is 11.1 Å². The Morgan fingerprint density at radius 3 is 2.10 bits per heavy atom. The number of carboxylic acid groups (broad SMARTS) is 1.